The van der Waals surface area contributed by atoms with E-state index in [0.717, 1.165) is 24.9 Å². The van der Waals surface area contributed by atoms with E-state index in [2.05, 4.69) is 18.7 Å². The summed E-state index contributed by atoms with van der Waals surface area (Å²) >= 11 is 0. The molecule has 1 aromatic carbocycles. The number of hydrogen-bond donors (Lipinski definition) is 2. The average Bonchev–Trinajstić information content (AvgIpc) is 2.41. The summed E-state index contributed by atoms with van der Waals surface area (Å²) in [5, 5.41) is 7.32. The molecule has 4 heteroatoms. The topological polar surface area (TPSA) is 53.1 Å². The highest BCUT2D eigenvalue weighted by atomic mass is 19.1. The number of amidine groups is 1. The molecule has 1 heterocycles. The van der Waals surface area contributed by atoms with Crippen LogP contribution in [0.4, 0.5) is 4.39 Å². The van der Waals surface area contributed by atoms with Gasteiger partial charge in [-0.05, 0) is 43.8 Å². The van der Waals surface area contributed by atoms with E-state index < -0.39 is 0 Å². The van der Waals surface area contributed by atoms with Crippen LogP contribution in [0.3, 0.4) is 0 Å². The van der Waals surface area contributed by atoms with E-state index in [0.29, 0.717) is 17.7 Å². The van der Waals surface area contributed by atoms with E-state index in [1.165, 1.54) is 18.9 Å². The lowest BCUT2D eigenvalue weighted by molar-refractivity contribution is 0.150. The van der Waals surface area contributed by atoms with E-state index >= 15 is 0 Å². The quantitative estimate of drug-likeness (QED) is 0.656. The van der Waals surface area contributed by atoms with Crippen LogP contribution in [0.1, 0.15) is 37.8 Å². The van der Waals surface area contributed by atoms with Gasteiger partial charge in [-0.25, -0.2) is 4.39 Å². The van der Waals surface area contributed by atoms with Crippen molar-refractivity contribution in [2.45, 2.75) is 33.2 Å². The molecular weight excluding hydrogens is 253 g/mol. The summed E-state index contributed by atoms with van der Waals surface area (Å²) in [6.07, 6.45) is 2.40. The maximum absolute atomic E-state index is 14.0. The standard InChI is InChI=1S/C16H24FN3/c1-11(2)12-5-7-20(8-6-12)10-14-4-3-13(16(18)19)9-15(14)17/h3-4,9,11-12H,5-8,10H2,1-2H3,(H3,18,19). The monoisotopic (exact) mass is 277 g/mol. The molecule has 0 aromatic heterocycles. The Labute approximate surface area is 120 Å². The van der Waals surface area contributed by atoms with Crippen LogP contribution in [0.15, 0.2) is 18.2 Å². The summed E-state index contributed by atoms with van der Waals surface area (Å²) in [6, 6.07) is 4.83. The van der Waals surface area contributed by atoms with Gasteiger partial charge in [0.25, 0.3) is 0 Å². The maximum Gasteiger partial charge on any atom is 0.128 e. The minimum atomic E-state index is -0.260. The molecule has 0 spiro atoms. The van der Waals surface area contributed by atoms with Crippen LogP contribution < -0.4 is 5.73 Å². The highest BCUT2D eigenvalue weighted by Gasteiger charge is 2.22. The van der Waals surface area contributed by atoms with Crippen LogP contribution in [0, 0.1) is 23.1 Å². The van der Waals surface area contributed by atoms with Gasteiger partial charge in [0.15, 0.2) is 0 Å². The van der Waals surface area contributed by atoms with Gasteiger partial charge in [-0.15, -0.1) is 0 Å². The zero-order chi connectivity index (χ0) is 14.7. The Morgan fingerprint density at radius 1 is 1.40 bits per heavy atom. The summed E-state index contributed by atoms with van der Waals surface area (Å²) < 4.78 is 14.0. The van der Waals surface area contributed by atoms with Gasteiger partial charge in [0.05, 0.1) is 0 Å². The summed E-state index contributed by atoms with van der Waals surface area (Å²) in [4.78, 5) is 2.31. The molecule has 110 valence electrons. The van der Waals surface area contributed by atoms with Gasteiger partial charge in [-0.3, -0.25) is 10.3 Å². The molecule has 1 aliphatic heterocycles. The summed E-state index contributed by atoms with van der Waals surface area (Å²) in [6.45, 7) is 7.28. The van der Waals surface area contributed by atoms with Crippen LogP contribution in [0.2, 0.25) is 0 Å². The van der Waals surface area contributed by atoms with E-state index in [1.807, 2.05) is 0 Å². The highest BCUT2D eigenvalue weighted by Crippen LogP contribution is 2.25. The zero-order valence-electron chi connectivity index (χ0n) is 12.3. The summed E-state index contributed by atoms with van der Waals surface area (Å²) in [5.41, 5.74) is 6.51. The van der Waals surface area contributed by atoms with Crippen molar-refractivity contribution < 1.29 is 4.39 Å². The number of rotatable bonds is 4. The number of nitrogens with two attached hydrogens (primary N) is 1. The Morgan fingerprint density at radius 2 is 2.05 bits per heavy atom. The van der Waals surface area contributed by atoms with Crippen molar-refractivity contribution in [3.05, 3.63) is 35.1 Å². The van der Waals surface area contributed by atoms with E-state index in [1.54, 1.807) is 12.1 Å². The molecule has 0 unspecified atom stereocenters. The summed E-state index contributed by atoms with van der Waals surface area (Å²) in [5.74, 6) is 1.19. The Morgan fingerprint density at radius 3 is 2.55 bits per heavy atom. The molecule has 0 bridgehead atoms. The van der Waals surface area contributed by atoms with Crippen LogP contribution >= 0.6 is 0 Å². The molecule has 1 aromatic rings. The number of halogens is 1. The van der Waals surface area contributed by atoms with Gasteiger partial charge in [0.1, 0.15) is 11.7 Å². The average molecular weight is 277 g/mol. The molecule has 1 fully saturated rings. The lowest BCUT2D eigenvalue weighted by atomic mass is 9.86. The normalized spacial score (nSPS) is 17.6. The number of benzene rings is 1. The largest absolute Gasteiger partial charge is 0.384 e. The molecule has 3 nitrogen and oxygen atoms in total. The van der Waals surface area contributed by atoms with Gasteiger partial charge in [0.2, 0.25) is 0 Å². The van der Waals surface area contributed by atoms with Crippen molar-refractivity contribution in [3.63, 3.8) is 0 Å². The second-order valence-electron chi connectivity index (χ2n) is 6.08. The van der Waals surface area contributed by atoms with E-state index in [9.17, 15) is 4.39 Å². The Hall–Kier alpha value is -1.42. The Kier molecular flexibility index (Phi) is 4.76. The first kappa shape index (κ1) is 15.0. The molecule has 1 saturated heterocycles. The SMILES string of the molecule is CC(C)C1CCN(Cc2ccc(C(=N)N)cc2F)CC1. The van der Waals surface area contributed by atoms with Crippen molar-refractivity contribution >= 4 is 5.84 Å². The fraction of sp³-hybridized carbons (Fsp3) is 0.562. The molecule has 0 radical (unpaired) electrons. The first-order chi connectivity index (χ1) is 9.47. The van der Waals surface area contributed by atoms with Crippen molar-refractivity contribution in [1.82, 2.24) is 4.90 Å². The highest BCUT2D eigenvalue weighted by molar-refractivity contribution is 5.94. The fourth-order valence-electron chi connectivity index (χ4n) is 2.86. The van der Waals surface area contributed by atoms with Gasteiger partial charge < -0.3 is 5.73 Å². The van der Waals surface area contributed by atoms with Crippen LogP contribution in [0.25, 0.3) is 0 Å². The Balaban J connectivity index is 1.96. The lowest BCUT2D eigenvalue weighted by Gasteiger charge is -2.33. The van der Waals surface area contributed by atoms with Crippen LogP contribution in [-0.4, -0.2) is 23.8 Å². The summed E-state index contributed by atoms with van der Waals surface area (Å²) in [7, 11) is 0. The molecule has 1 aliphatic rings. The Bertz CT molecular complexity index is 477. The maximum atomic E-state index is 14.0. The first-order valence-electron chi connectivity index (χ1n) is 7.32. The molecular formula is C16H24FN3. The number of nitrogens with zero attached hydrogens (tertiary/aromatic N) is 1. The first-order valence-corrected chi connectivity index (χ1v) is 7.32. The van der Waals surface area contributed by atoms with Crippen molar-refractivity contribution in [1.29, 1.82) is 5.41 Å². The van der Waals surface area contributed by atoms with Crippen molar-refractivity contribution in [2.24, 2.45) is 17.6 Å². The van der Waals surface area contributed by atoms with Gasteiger partial charge >= 0.3 is 0 Å². The smallest absolute Gasteiger partial charge is 0.128 e. The predicted molar refractivity (Wildman–Crippen MR) is 80.3 cm³/mol. The van der Waals surface area contributed by atoms with Gasteiger partial charge in [-0.2, -0.15) is 0 Å². The molecule has 0 aliphatic carbocycles. The van der Waals surface area contributed by atoms with Crippen molar-refractivity contribution in [2.75, 3.05) is 13.1 Å². The van der Waals surface area contributed by atoms with Crippen molar-refractivity contribution in [3.8, 4) is 0 Å². The molecule has 2 rings (SSSR count). The second-order valence-corrected chi connectivity index (χ2v) is 6.08. The number of piperidine rings is 1. The predicted octanol–water partition coefficient (Wildman–Crippen LogP) is 2.98. The van der Waals surface area contributed by atoms with Crippen LogP contribution in [-0.2, 0) is 6.54 Å². The minimum absolute atomic E-state index is 0.0896. The number of nitrogen functional groups attached to an aromatic ring is 1. The molecule has 3 N–H and O–H groups in total. The fourth-order valence-corrected chi connectivity index (χ4v) is 2.86. The third kappa shape index (κ3) is 3.57. The third-order valence-electron chi connectivity index (χ3n) is 4.33. The van der Waals surface area contributed by atoms with Crippen LogP contribution in [0.5, 0.6) is 0 Å². The lowest BCUT2D eigenvalue weighted by Crippen LogP contribution is -2.35. The zero-order valence-corrected chi connectivity index (χ0v) is 12.3. The molecule has 20 heavy (non-hydrogen) atoms. The van der Waals surface area contributed by atoms with E-state index in [-0.39, 0.29) is 11.7 Å². The number of nitrogens with one attached hydrogen (secondary N) is 1. The second kappa shape index (κ2) is 6.35. The van der Waals surface area contributed by atoms with E-state index in [4.69, 9.17) is 11.1 Å². The molecule has 0 atom stereocenters. The molecule has 0 saturated carbocycles. The number of hydrogen-bond acceptors (Lipinski definition) is 2. The molecule has 0 amide bonds. The number of likely N-dealkylation sites (tertiary alicyclic amines) is 1. The van der Waals surface area contributed by atoms with Gasteiger partial charge in [-0.1, -0.05) is 26.0 Å². The van der Waals surface area contributed by atoms with Gasteiger partial charge in [0, 0.05) is 17.7 Å². The minimum Gasteiger partial charge on any atom is -0.384 e. The third-order valence-corrected chi connectivity index (χ3v) is 4.33.